The Bertz CT molecular complexity index is 1000. The number of nitriles is 1. The van der Waals surface area contributed by atoms with Crippen LogP contribution in [0.2, 0.25) is 0 Å². The number of non-ortho nitro benzene ring substituents is 1. The minimum absolute atomic E-state index is 0.146. The number of benzene rings is 2. The molecule has 1 heterocycles. The second kappa shape index (κ2) is 6.14. The summed E-state index contributed by atoms with van der Waals surface area (Å²) in [5, 5.41) is 30.4. The number of halogens is 1. The Balaban J connectivity index is 2.14. The van der Waals surface area contributed by atoms with Gasteiger partial charge in [0.05, 0.1) is 26.0 Å². The first kappa shape index (κ1) is 15.7. The van der Waals surface area contributed by atoms with Crippen LogP contribution in [-0.2, 0) is 0 Å². The van der Waals surface area contributed by atoms with Crippen molar-refractivity contribution in [3.63, 3.8) is 0 Å². The van der Waals surface area contributed by atoms with E-state index in [1.807, 2.05) is 24.3 Å². The summed E-state index contributed by atoms with van der Waals surface area (Å²) in [7, 11) is 0. The number of aromatic hydroxyl groups is 1. The molecule has 24 heavy (non-hydrogen) atoms. The topological polar surface area (TPSA) is 116 Å². The van der Waals surface area contributed by atoms with Crippen LogP contribution < -0.4 is 0 Å². The van der Waals surface area contributed by atoms with Crippen molar-refractivity contribution >= 4 is 44.3 Å². The van der Waals surface area contributed by atoms with Gasteiger partial charge >= 0.3 is 0 Å². The molecule has 0 aliphatic heterocycles. The molecule has 0 radical (unpaired) electrons. The molecule has 0 atom stereocenters. The molecule has 0 spiro atoms. The fourth-order valence-corrected chi connectivity index (χ4v) is 2.67. The van der Waals surface area contributed by atoms with Crippen molar-refractivity contribution in [3.05, 3.63) is 62.4 Å². The Morgan fingerprint density at radius 1 is 1.42 bits per heavy atom. The minimum atomic E-state index is -0.575. The molecule has 0 aliphatic rings. The number of para-hydroxylation sites is 2. The number of hydrogen-bond donors (Lipinski definition) is 2. The molecule has 7 nitrogen and oxygen atoms in total. The third kappa shape index (κ3) is 2.85. The zero-order chi connectivity index (χ0) is 17.3. The minimum Gasteiger partial charge on any atom is -0.506 e. The molecular formula is C16H9BrN4O3. The second-order valence-electron chi connectivity index (χ2n) is 4.89. The van der Waals surface area contributed by atoms with E-state index in [0.29, 0.717) is 11.3 Å². The van der Waals surface area contributed by atoms with Gasteiger partial charge in [-0.3, -0.25) is 10.1 Å². The van der Waals surface area contributed by atoms with Crippen LogP contribution in [0.5, 0.6) is 5.75 Å². The Hall–Kier alpha value is -3.18. The van der Waals surface area contributed by atoms with Gasteiger partial charge in [-0.05, 0) is 34.1 Å². The molecule has 3 aromatic rings. The lowest BCUT2D eigenvalue weighted by molar-refractivity contribution is -0.385. The summed E-state index contributed by atoms with van der Waals surface area (Å²) in [6.45, 7) is 0. The van der Waals surface area contributed by atoms with Gasteiger partial charge in [-0.25, -0.2) is 4.98 Å². The summed E-state index contributed by atoms with van der Waals surface area (Å²) in [6, 6.07) is 11.7. The smallest absolute Gasteiger partial charge is 0.271 e. The predicted octanol–water partition coefficient (Wildman–Crippen LogP) is 4.00. The standard InChI is InChI=1S/C16H9BrN4O3/c17-12-7-11(21(23)24)6-9(15(12)22)5-10(8-18)16-19-13-3-1-2-4-14(13)20-16/h1-7,22H,(H,19,20). The maximum absolute atomic E-state index is 11.0. The molecule has 2 aromatic carbocycles. The van der Waals surface area contributed by atoms with Crippen molar-refractivity contribution in [2.45, 2.75) is 0 Å². The van der Waals surface area contributed by atoms with Crippen LogP contribution in [-0.4, -0.2) is 20.0 Å². The second-order valence-corrected chi connectivity index (χ2v) is 5.75. The number of aromatic amines is 1. The summed E-state index contributed by atoms with van der Waals surface area (Å²) in [6.07, 6.45) is 1.35. The molecule has 0 bridgehead atoms. The van der Waals surface area contributed by atoms with Crippen molar-refractivity contribution in [2.75, 3.05) is 0 Å². The maximum atomic E-state index is 11.0. The summed E-state index contributed by atoms with van der Waals surface area (Å²) in [5.41, 5.74) is 1.55. The van der Waals surface area contributed by atoms with Crippen molar-refractivity contribution in [1.82, 2.24) is 9.97 Å². The number of phenolic OH excluding ortho intramolecular Hbond substituents is 1. The van der Waals surface area contributed by atoms with Crippen LogP contribution in [0.4, 0.5) is 5.69 Å². The van der Waals surface area contributed by atoms with Crippen molar-refractivity contribution < 1.29 is 10.0 Å². The summed E-state index contributed by atoms with van der Waals surface area (Å²) in [4.78, 5) is 17.7. The van der Waals surface area contributed by atoms with Gasteiger partial charge in [-0.1, -0.05) is 12.1 Å². The number of hydrogen-bond acceptors (Lipinski definition) is 5. The van der Waals surface area contributed by atoms with E-state index in [1.54, 1.807) is 6.07 Å². The highest BCUT2D eigenvalue weighted by molar-refractivity contribution is 9.10. The lowest BCUT2D eigenvalue weighted by Crippen LogP contribution is -1.91. The molecule has 0 amide bonds. The van der Waals surface area contributed by atoms with E-state index in [2.05, 4.69) is 25.9 Å². The zero-order valence-electron chi connectivity index (χ0n) is 12.0. The molecule has 0 aliphatic carbocycles. The first-order valence-corrected chi connectivity index (χ1v) is 7.52. The fourth-order valence-electron chi connectivity index (χ4n) is 2.21. The number of aromatic nitrogens is 2. The Kier molecular flexibility index (Phi) is 4.02. The lowest BCUT2D eigenvalue weighted by Gasteiger charge is -2.03. The van der Waals surface area contributed by atoms with Gasteiger partial charge in [0.2, 0.25) is 0 Å². The normalized spacial score (nSPS) is 11.4. The van der Waals surface area contributed by atoms with Gasteiger partial charge in [0, 0.05) is 17.7 Å². The average molecular weight is 385 g/mol. The van der Waals surface area contributed by atoms with Gasteiger partial charge < -0.3 is 10.1 Å². The third-order valence-corrected chi connectivity index (χ3v) is 3.96. The molecule has 0 fully saturated rings. The zero-order valence-corrected chi connectivity index (χ0v) is 13.6. The highest BCUT2D eigenvalue weighted by Crippen LogP contribution is 2.34. The SMILES string of the molecule is N#CC(=Cc1cc([N+](=O)[O-])cc(Br)c1O)c1nc2ccccc2[nH]1. The van der Waals surface area contributed by atoms with Gasteiger partial charge in [0.25, 0.3) is 5.69 Å². The number of nitrogens with one attached hydrogen (secondary N) is 1. The molecule has 3 rings (SSSR count). The maximum Gasteiger partial charge on any atom is 0.271 e. The lowest BCUT2D eigenvalue weighted by atomic mass is 10.1. The van der Waals surface area contributed by atoms with Gasteiger partial charge in [0.15, 0.2) is 0 Å². The van der Waals surface area contributed by atoms with E-state index >= 15 is 0 Å². The predicted molar refractivity (Wildman–Crippen MR) is 92.0 cm³/mol. The van der Waals surface area contributed by atoms with Crippen LogP contribution in [0, 0.1) is 21.4 Å². The van der Waals surface area contributed by atoms with Crippen molar-refractivity contribution in [2.24, 2.45) is 0 Å². The number of rotatable bonds is 3. The monoisotopic (exact) mass is 384 g/mol. The van der Waals surface area contributed by atoms with Crippen LogP contribution in [0.15, 0.2) is 40.9 Å². The van der Waals surface area contributed by atoms with Gasteiger partial charge in [-0.15, -0.1) is 0 Å². The van der Waals surface area contributed by atoms with Gasteiger partial charge in [-0.2, -0.15) is 5.26 Å². The number of fused-ring (bicyclic) bond motifs is 1. The molecule has 1 aromatic heterocycles. The molecule has 118 valence electrons. The summed E-state index contributed by atoms with van der Waals surface area (Å²) in [5.74, 6) is 0.130. The van der Waals surface area contributed by atoms with Crippen LogP contribution in [0.1, 0.15) is 11.4 Å². The Morgan fingerprint density at radius 2 is 2.17 bits per heavy atom. The van der Waals surface area contributed by atoms with E-state index in [-0.39, 0.29) is 27.0 Å². The van der Waals surface area contributed by atoms with E-state index in [4.69, 9.17) is 0 Å². The first-order chi connectivity index (χ1) is 11.5. The van der Waals surface area contributed by atoms with E-state index in [0.717, 1.165) is 5.52 Å². The largest absolute Gasteiger partial charge is 0.506 e. The number of phenols is 1. The number of H-pyrrole nitrogens is 1. The Morgan fingerprint density at radius 3 is 2.83 bits per heavy atom. The molecule has 8 heteroatoms. The molecule has 0 unspecified atom stereocenters. The van der Waals surface area contributed by atoms with E-state index < -0.39 is 4.92 Å². The van der Waals surface area contributed by atoms with E-state index in [9.17, 15) is 20.5 Å². The van der Waals surface area contributed by atoms with E-state index in [1.165, 1.54) is 18.2 Å². The van der Waals surface area contributed by atoms with Crippen LogP contribution in [0.3, 0.4) is 0 Å². The quantitative estimate of drug-likeness (QED) is 0.402. The van der Waals surface area contributed by atoms with Gasteiger partial charge in [0.1, 0.15) is 17.6 Å². The molecule has 2 N–H and O–H groups in total. The first-order valence-electron chi connectivity index (χ1n) is 6.73. The number of nitrogens with zero attached hydrogens (tertiary/aromatic N) is 3. The number of nitro groups is 1. The highest BCUT2D eigenvalue weighted by Gasteiger charge is 2.15. The van der Waals surface area contributed by atoms with Crippen LogP contribution >= 0.6 is 15.9 Å². The molecule has 0 saturated heterocycles. The Labute approximate surface area is 144 Å². The number of nitro benzene ring substituents is 1. The molecule has 0 saturated carbocycles. The number of imidazole rings is 1. The average Bonchev–Trinajstić information content (AvgIpc) is 2.99. The third-order valence-electron chi connectivity index (χ3n) is 3.35. The highest BCUT2D eigenvalue weighted by atomic mass is 79.9. The van der Waals surface area contributed by atoms with Crippen LogP contribution in [0.25, 0.3) is 22.7 Å². The summed E-state index contributed by atoms with van der Waals surface area (Å²) >= 11 is 3.07. The molecular weight excluding hydrogens is 376 g/mol. The fraction of sp³-hybridized carbons (Fsp3) is 0. The number of allylic oxidation sites excluding steroid dienone is 1. The van der Waals surface area contributed by atoms with Crippen molar-refractivity contribution in [1.29, 1.82) is 5.26 Å². The van der Waals surface area contributed by atoms with Crippen molar-refractivity contribution in [3.8, 4) is 11.8 Å². The summed E-state index contributed by atoms with van der Waals surface area (Å²) < 4.78 is 0.171.